The van der Waals surface area contributed by atoms with E-state index in [1.165, 1.54) is 48.1 Å². The van der Waals surface area contributed by atoms with Crippen LogP contribution in [0.15, 0.2) is 22.7 Å². The normalized spacial score (nSPS) is 18.3. The minimum atomic E-state index is 0.518. The number of rotatable bonds is 4. The number of benzene rings is 1. The first kappa shape index (κ1) is 14.2. The van der Waals surface area contributed by atoms with Crippen molar-refractivity contribution in [3.63, 3.8) is 0 Å². The van der Waals surface area contributed by atoms with Gasteiger partial charge in [-0.3, -0.25) is 0 Å². The van der Waals surface area contributed by atoms with Gasteiger partial charge in [0.15, 0.2) is 0 Å². The van der Waals surface area contributed by atoms with Gasteiger partial charge in [0.1, 0.15) is 0 Å². The highest BCUT2D eigenvalue weighted by Crippen LogP contribution is 2.41. The maximum absolute atomic E-state index is 5.87. The van der Waals surface area contributed by atoms with E-state index < -0.39 is 0 Å². The third-order valence-electron chi connectivity index (χ3n) is 4.45. The third-order valence-corrected chi connectivity index (χ3v) is 5.39. The van der Waals surface area contributed by atoms with Crippen molar-refractivity contribution >= 4 is 33.2 Å². The molecule has 1 nitrogen and oxygen atoms in total. The highest BCUT2D eigenvalue weighted by Gasteiger charge is 2.35. The maximum Gasteiger partial charge on any atom is 0.0511 e. The van der Waals surface area contributed by atoms with Crippen LogP contribution in [0.25, 0.3) is 0 Å². The summed E-state index contributed by atoms with van der Waals surface area (Å²) >= 11 is 9.55. The van der Waals surface area contributed by atoms with Crippen molar-refractivity contribution in [3.05, 3.63) is 28.2 Å². The van der Waals surface area contributed by atoms with Gasteiger partial charge in [-0.25, -0.2) is 0 Å². The Hall–Kier alpha value is -0.210. The van der Waals surface area contributed by atoms with Crippen molar-refractivity contribution < 1.29 is 0 Å². The predicted octanol–water partition coefficient (Wildman–Crippen LogP) is 5.20. The first-order valence-corrected chi connectivity index (χ1v) is 8.06. The number of hydrogen-bond acceptors (Lipinski definition) is 1. The van der Waals surface area contributed by atoms with E-state index in [2.05, 4.69) is 52.9 Å². The fourth-order valence-corrected chi connectivity index (χ4v) is 3.70. The summed E-state index contributed by atoms with van der Waals surface area (Å²) in [7, 11) is 0. The zero-order chi connectivity index (χ0) is 13.2. The summed E-state index contributed by atoms with van der Waals surface area (Å²) in [6, 6.07) is 6.47. The molecule has 0 aliphatic carbocycles. The molecule has 0 spiro atoms. The van der Waals surface area contributed by atoms with Crippen LogP contribution < -0.4 is 4.90 Å². The fourth-order valence-electron chi connectivity index (χ4n) is 2.86. The molecule has 0 amide bonds. The Balaban J connectivity index is 2.19. The zero-order valence-corrected chi connectivity index (χ0v) is 13.5. The van der Waals surface area contributed by atoms with E-state index >= 15 is 0 Å². The minimum absolute atomic E-state index is 0.518. The summed E-state index contributed by atoms with van der Waals surface area (Å²) in [6.07, 6.45) is 3.86. The Morgan fingerprint density at radius 3 is 2.56 bits per heavy atom. The van der Waals surface area contributed by atoms with Crippen LogP contribution in [0.1, 0.15) is 38.7 Å². The average molecular weight is 331 g/mol. The lowest BCUT2D eigenvalue weighted by Gasteiger charge is -2.27. The van der Waals surface area contributed by atoms with Crippen LogP contribution >= 0.6 is 27.5 Å². The number of hydrogen-bond donors (Lipinski definition) is 0. The maximum atomic E-state index is 5.87. The van der Waals surface area contributed by atoms with Crippen molar-refractivity contribution in [2.24, 2.45) is 5.41 Å². The lowest BCUT2D eigenvalue weighted by Crippen LogP contribution is -2.26. The van der Waals surface area contributed by atoms with E-state index in [1.807, 2.05) is 0 Å². The molecular weight excluding hydrogens is 310 g/mol. The molecule has 1 aromatic rings. The fraction of sp³-hybridized carbons (Fsp3) is 0.600. The molecule has 0 atom stereocenters. The van der Waals surface area contributed by atoms with E-state index in [-0.39, 0.29) is 0 Å². The summed E-state index contributed by atoms with van der Waals surface area (Å²) < 4.78 is 1.17. The van der Waals surface area contributed by atoms with Gasteiger partial charge in [-0.15, -0.1) is 11.6 Å². The SMILES string of the molecule is CCC1(CC)CCN(c2ccc(CCl)cc2Br)C1. The molecule has 3 heteroatoms. The van der Waals surface area contributed by atoms with Gasteiger partial charge in [0.2, 0.25) is 0 Å². The van der Waals surface area contributed by atoms with Gasteiger partial charge < -0.3 is 4.90 Å². The van der Waals surface area contributed by atoms with E-state index in [0.717, 1.165) is 0 Å². The van der Waals surface area contributed by atoms with Crippen LogP contribution in [-0.4, -0.2) is 13.1 Å². The molecule has 0 unspecified atom stereocenters. The Morgan fingerprint density at radius 2 is 2.06 bits per heavy atom. The standard InChI is InChI=1S/C15H21BrClN/c1-3-15(4-2)7-8-18(11-15)14-6-5-12(10-17)9-13(14)16/h5-6,9H,3-4,7-8,10-11H2,1-2H3. The van der Waals surface area contributed by atoms with Gasteiger partial charge >= 0.3 is 0 Å². The van der Waals surface area contributed by atoms with Crippen LogP contribution in [-0.2, 0) is 5.88 Å². The van der Waals surface area contributed by atoms with Crippen LogP contribution in [0.5, 0.6) is 0 Å². The van der Waals surface area contributed by atoms with Crippen molar-refractivity contribution in [3.8, 4) is 0 Å². The molecule has 0 saturated carbocycles. The van der Waals surface area contributed by atoms with Crippen molar-refractivity contribution in [2.45, 2.75) is 39.0 Å². The number of anilines is 1. The zero-order valence-electron chi connectivity index (χ0n) is 11.2. The van der Waals surface area contributed by atoms with Crippen molar-refractivity contribution in [2.75, 3.05) is 18.0 Å². The second kappa shape index (κ2) is 5.83. The Labute approximate surface area is 124 Å². The minimum Gasteiger partial charge on any atom is -0.370 e. The van der Waals surface area contributed by atoms with Gasteiger partial charge in [0.05, 0.1) is 5.69 Å². The molecule has 0 bridgehead atoms. The summed E-state index contributed by atoms with van der Waals surface area (Å²) in [5.41, 5.74) is 3.00. The van der Waals surface area contributed by atoms with Crippen LogP contribution in [0.4, 0.5) is 5.69 Å². The highest BCUT2D eigenvalue weighted by atomic mass is 79.9. The lowest BCUT2D eigenvalue weighted by molar-refractivity contribution is 0.301. The summed E-state index contributed by atoms with van der Waals surface area (Å²) in [4.78, 5) is 2.51. The number of halogens is 2. The van der Waals surface area contributed by atoms with E-state index in [9.17, 15) is 0 Å². The van der Waals surface area contributed by atoms with Crippen LogP contribution in [0.3, 0.4) is 0 Å². The molecular formula is C15H21BrClN. The Morgan fingerprint density at radius 1 is 1.33 bits per heavy atom. The van der Waals surface area contributed by atoms with Crippen LogP contribution in [0, 0.1) is 5.41 Å². The molecule has 1 heterocycles. The summed E-state index contributed by atoms with van der Waals surface area (Å²) in [6.45, 7) is 6.98. The molecule has 1 fully saturated rings. The molecule has 100 valence electrons. The first-order valence-electron chi connectivity index (χ1n) is 6.73. The van der Waals surface area contributed by atoms with Crippen molar-refractivity contribution in [1.29, 1.82) is 0 Å². The monoisotopic (exact) mass is 329 g/mol. The van der Waals surface area contributed by atoms with Gasteiger partial charge in [0, 0.05) is 23.4 Å². The third kappa shape index (κ3) is 2.70. The Bertz CT molecular complexity index is 415. The van der Waals surface area contributed by atoms with E-state index in [1.54, 1.807) is 0 Å². The molecule has 1 aliphatic rings. The Kier molecular flexibility index (Phi) is 4.60. The first-order chi connectivity index (χ1) is 8.64. The van der Waals surface area contributed by atoms with Gasteiger partial charge in [-0.05, 0) is 58.3 Å². The average Bonchev–Trinajstić information content (AvgIpc) is 2.83. The highest BCUT2D eigenvalue weighted by molar-refractivity contribution is 9.10. The molecule has 0 aromatic heterocycles. The molecule has 0 N–H and O–H groups in total. The van der Waals surface area contributed by atoms with Crippen molar-refractivity contribution in [1.82, 2.24) is 0 Å². The molecule has 18 heavy (non-hydrogen) atoms. The van der Waals surface area contributed by atoms with Gasteiger partial charge in [-0.1, -0.05) is 19.9 Å². The van der Waals surface area contributed by atoms with Gasteiger partial charge in [0.25, 0.3) is 0 Å². The smallest absolute Gasteiger partial charge is 0.0511 e. The molecule has 1 aromatic carbocycles. The number of alkyl halides is 1. The summed E-state index contributed by atoms with van der Waals surface area (Å²) in [5.74, 6) is 0.576. The molecule has 2 rings (SSSR count). The second-order valence-electron chi connectivity index (χ2n) is 5.30. The predicted molar refractivity (Wildman–Crippen MR) is 83.5 cm³/mol. The topological polar surface area (TPSA) is 3.24 Å². The summed E-state index contributed by atoms with van der Waals surface area (Å²) in [5, 5.41) is 0. The van der Waals surface area contributed by atoms with E-state index in [0.29, 0.717) is 11.3 Å². The molecule has 1 aliphatic heterocycles. The van der Waals surface area contributed by atoms with E-state index in [4.69, 9.17) is 11.6 Å². The number of nitrogens with zero attached hydrogens (tertiary/aromatic N) is 1. The van der Waals surface area contributed by atoms with Gasteiger partial charge in [-0.2, -0.15) is 0 Å². The largest absolute Gasteiger partial charge is 0.370 e. The second-order valence-corrected chi connectivity index (χ2v) is 6.42. The molecule has 0 radical (unpaired) electrons. The lowest BCUT2D eigenvalue weighted by atomic mass is 9.82. The quantitative estimate of drug-likeness (QED) is 0.685. The molecule has 1 saturated heterocycles. The van der Waals surface area contributed by atoms with Crippen LogP contribution in [0.2, 0.25) is 0 Å².